The van der Waals surface area contributed by atoms with Gasteiger partial charge in [0.05, 0.1) is 6.54 Å². The summed E-state index contributed by atoms with van der Waals surface area (Å²) in [5, 5.41) is 7.19. The molecule has 0 spiro atoms. The van der Waals surface area contributed by atoms with Gasteiger partial charge in [-0.2, -0.15) is 0 Å². The zero-order valence-corrected chi connectivity index (χ0v) is 18.3. The molecule has 152 valence electrons. The fourth-order valence-electron chi connectivity index (χ4n) is 4.58. The number of rotatable bonds is 6. The first-order chi connectivity index (χ1) is 12.2. The Labute approximate surface area is 174 Å². The first kappa shape index (κ1) is 22.1. The van der Waals surface area contributed by atoms with Crippen LogP contribution < -0.4 is 10.6 Å². The highest BCUT2D eigenvalue weighted by Gasteiger charge is 2.43. The van der Waals surface area contributed by atoms with Gasteiger partial charge >= 0.3 is 0 Å². The molecule has 1 heterocycles. The third-order valence-corrected chi connectivity index (χ3v) is 6.06. The van der Waals surface area contributed by atoms with Crippen LogP contribution in [0.25, 0.3) is 0 Å². The molecule has 0 aromatic rings. The summed E-state index contributed by atoms with van der Waals surface area (Å²) in [4.78, 5) is 6.47. The minimum atomic E-state index is -2.23. The molecule has 1 saturated heterocycles. The second-order valence-corrected chi connectivity index (χ2v) is 7.98. The number of hydrogen-bond acceptors (Lipinski definition) is 2. The van der Waals surface area contributed by atoms with Gasteiger partial charge in [0.2, 0.25) is 0 Å². The van der Waals surface area contributed by atoms with Crippen LogP contribution in [-0.4, -0.2) is 55.5 Å². The van der Waals surface area contributed by atoms with Crippen LogP contribution >= 0.6 is 24.0 Å². The third-order valence-electron chi connectivity index (χ3n) is 6.06. The van der Waals surface area contributed by atoms with E-state index in [9.17, 15) is 8.78 Å². The zero-order chi connectivity index (χ0) is 17.6. The van der Waals surface area contributed by atoms with Gasteiger partial charge in [0.1, 0.15) is 0 Å². The Morgan fingerprint density at radius 2 is 1.77 bits per heavy atom. The van der Waals surface area contributed by atoms with Crippen LogP contribution in [0.5, 0.6) is 0 Å². The van der Waals surface area contributed by atoms with Crippen LogP contribution in [0, 0.1) is 11.8 Å². The highest BCUT2D eigenvalue weighted by molar-refractivity contribution is 14.0. The number of nitrogens with zero attached hydrogens (tertiary/aromatic N) is 2. The minimum Gasteiger partial charge on any atom is -0.354 e. The summed E-state index contributed by atoms with van der Waals surface area (Å²) in [5.74, 6) is 2.67. The third kappa shape index (κ3) is 6.77. The SMILES string of the molecule is CCN=C(NC1CCN(CC(F)F)CC1)NC1CC1C1CCCCC1.I. The molecule has 4 nitrogen and oxygen atoms in total. The maximum atomic E-state index is 12.5. The van der Waals surface area contributed by atoms with Crippen LogP contribution in [0.1, 0.15) is 58.3 Å². The summed E-state index contributed by atoms with van der Waals surface area (Å²) < 4.78 is 25.0. The second kappa shape index (κ2) is 11.0. The van der Waals surface area contributed by atoms with E-state index in [2.05, 4.69) is 22.5 Å². The standard InChI is InChI=1S/C19H34F2N4.HI/c1-2-22-19(23-15-8-10-25(11-9-15)13-18(20)21)24-17-12-16(17)14-6-4-3-5-7-14;/h14-18H,2-13H2,1H3,(H2,22,23,24);1H. The van der Waals surface area contributed by atoms with Gasteiger partial charge in [-0.3, -0.25) is 9.89 Å². The maximum absolute atomic E-state index is 12.5. The summed E-state index contributed by atoms with van der Waals surface area (Å²) in [6.07, 6.45) is 7.89. The van der Waals surface area contributed by atoms with Crippen molar-refractivity contribution in [3.8, 4) is 0 Å². The lowest BCUT2D eigenvalue weighted by atomic mass is 9.85. The van der Waals surface area contributed by atoms with Crippen LogP contribution in [-0.2, 0) is 0 Å². The average molecular weight is 484 g/mol. The van der Waals surface area contributed by atoms with Crippen molar-refractivity contribution in [3.05, 3.63) is 0 Å². The Bertz CT molecular complexity index is 435. The number of alkyl halides is 2. The number of guanidine groups is 1. The molecule has 3 rings (SSSR count). The molecule has 7 heteroatoms. The fourth-order valence-corrected chi connectivity index (χ4v) is 4.58. The number of halogens is 3. The van der Waals surface area contributed by atoms with Crippen molar-refractivity contribution in [2.45, 2.75) is 76.8 Å². The number of piperidine rings is 1. The van der Waals surface area contributed by atoms with Crippen molar-refractivity contribution in [1.29, 1.82) is 0 Å². The van der Waals surface area contributed by atoms with Gasteiger partial charge in [0, 0.05) is 31.7 Å². The number of likely N-dealkylation sites (tertiary alicyclic amines) is 1. The van der Waals surface area contributed by atoms with Crippen LogP contribution in [0.4, 0.5) is 8.78 Å². The average Bonchev–Trinajstić information content (AvgIpc) is 3.36. The molecular weight excluding hydrogens is 449 g/mol. The van der Waals surface area contributed by atoms with Crippen molar-refractivity contribution in [1.82, 2.24) is 15.5 Å². The fraction of sp³-hybridized carbons (Fsp3) is 0.947. The highest BCUT2D eigenvalue weighted by atomic mass is 127. The highest BCUT2D eigenvalue weighted by Crippen LogP contribution is 2.44. The summed E-state index contributed by atoms with van der Waals surface area (Å²) in [5.41, 5.74) is 0. The molecule has 2 aliphatic carbocycles. The second-order valence-electron chi connectivity index (χ2n) is 7.98. The van der Waals surface area contributed by atoms with Crippen molar-refractivity contribution >= 4 is 29.9 Å². The van der Waals surface area contributed by atoms with E-state index in [1.807, 2.05) is 4.90 Å². The van der Waals surface area contributed by atoms with Gasteiger partial charge in [0.25, 0.3) is 6.43 Å². The van der Waals surface area contributed by atoms with E-state index in [1.54, 1.807) is 0 Å². The van der Waals surface area contributed by atoms with E-state index >= 15 is 0 Å². The molecule has 0 aromatic carbocycles. The Morgan fingerprint density at radius 1 is 1.08 bits per heavy atom. The zero-order valence-electron chi connectivity index (χ0n) is 15.9. The first-order valence-corrected chi connectivity index (χ1v) is 10.2. The molecule has 0 aromatic heterocycles. The predicted molar refractivity (Wildman–Crippen MR) is 114 cm³/mol. The first-order valence-electron chi connectivity index (χ1n) is 10.2. The summed E-state index contributed by atoms with van der Waals surface area (Å²) in [6.45, 7) is 4.22. The van der Waals surface area contributed by atoms with E-state index in [-0.39, 0.29) is 30.5 Å². The molecule has 1 aliphatic heterocycles. The molecule has 3 fully saturated rings. The van der Waals surface area contributed by atoms with Gasteiger partial charge in [-0.25, -0.2) is 8.78 Å². The number of hydrogen-bond donors (Lipinski definition) is 2. The predicted octanol–water partition coefficient (Wildman–Crippen LogP) is 3.86. The molecule has 0 amide bonds. The lowest BCUT2D eigenvalue weighted by molar-refractivity contribution is 0.0744. The number of nitrogens with one attached hydrogen (secondary N) is 2. The van der Waals surface area contributed by atoms with Crippen molar-refractivity contribution in [2.24, 2.45) is 16.8 Å². The Hall–Kier alpha value is -0.180. The van der Waals surface area contributed by atoms with Gasteiger partial charge in [-0.15, -0.1) is 24.0 Å². The smallest absolute Gasteiger partial charge is 0.251 e. The Balaban J connectivity index is 0.00000243. The summed E-state index contributed by atoms with van der Waals surface area (Å²) >= 11 is 0. The molecule has 2 atom stereocenters. The molecule has 0 radical (unpaired) electrons. The lowest BCUT2D eigenvalue weighted by Gasteiger charge is -2.33. The molecule has 0 bridgehead atoms. The van der Waals surface area contributed by atoms with Gasteiger partial charge in [-0.1, -0.05) is 32.1 Å². The van der Waals surface area contributed by atoms with Crippen LogP contribution in [0.2, 0.25) is 0 Å². The Kier molecular flexibility index (Phi) is 9.33. The van der Waals surface area contributed by atoms with E-state index in [0.29, 0.717) is 12.1 Å². The van der Waals surface area contributed by atoms with Crippen LogP contribution in [0.3, 0.4) is 0 Å². The molecular formula is C19H35F2IN4. The molecule has 2 N–H and O–H groups in total. The van der Waals surface area contributed by atoms with Crippen molar-refractivity contribution in [2.75, 3.05) is 26.2 Å². The van der Waals surface area contributed by atoms with Crippen molar-refractivity contribution < 1.29 is 8.78 Å². The number of aliphatic imine (C=N–C) groups is 1. The topological polar surface area (TPSA) is 39.7 Å². The lowest BCUT2D eigenvalue weighted by Crippen LogP contribution is -2.50. The quantitative estimate of drug-likeness (QED) is 0.342. The summed E-state index contributed by atoms with van der Waals surface area (Å²) in [7, 11) is 0. The minimum absolute atomic E-state index is 0. The van der Waals surface area contributed by atoms with Gasteiger partial charge in [-0.05, 0) is 38.0 Å². The van der Waals surface area contributed by atoms with E-state index in [0.717, 1.165) is 50.3 Å². The Morgan fingerprint density at radius 3 is 2.38 bits per heavy atom. The maximum Gasteiger partial charge on any atom is 0.251 e. The van der Waals surface area contributed by atoms with Crippen LogP contribution in [0.15, 0.2) is 4.99 Å². The van der Waals surface area contributed by atoms with E-state index in [4.69, 9.17) is 0 Å². The monoisotopic (exact) mass is 484 g/mol. The van der Waals surface area contributed by atoms with E-state index < -0.39 is 6.43 Å². The van der Waals surface area contributed by atoms with E-state index in [1.165, 1.54) is 38.5 Å². The normalized spacial score (nSPS) is 28.7. The molecule has 3 aliphatic rings. The summed E-state index contributed by atoms with van der Waals surface area (Å²) in [6, 6.07) is 0.929. The molecule has 26 heavy (non-hydrogen) atoms. The molecule has 2 unspecified atom stereocenters. The van der Waals surface area contributed by atoms with Gasteiger partial charge in [0.15, 0.2) is 5.96 Å². The van der Waals surface area contributed by atoms with Gasteiger partial charge < -0.3 is 10.6 Å². The largest absolute Gasteiger partial charge is 0.354 e. The molecule has 2 saturated carbocycles. The van der Waals surface area contributed by atoms with Crippen molar-refractivity contribution in [3.63, 3.8) is 0 Å².